The minimum Gasteiger partial charge on any atom is -0.444 e. The molecule has 2 aliphatic rings. The van der Waals surface area contributed by atoms with Gasteiger partial charge in [0.2, 0.25) is 0 Å². The number of aryl methyl sites for hydroxylation is 1. The number of nitrogens with zero attached hydrogens (tertiary/aromatic N) is 1. The lowest BCUT2D eigenvalue weighted by Crippen LogP contribution is -2.47. The Morgan fingerprint density at radius 1 is 1.12 bits per heavy atom. The Labute approximate surface area is 151 Å². The fourth-order valence-corrected chi connectivity index (χ4v) is 4.10. The molecule has 0 radical (unpaired) electrons. The van der Waals surface area contributed by atoms with Gasteiger partial charge in [-0.15, -0.1) is 0 Å². The Morgan fingerprint density at radius 3 is 2.56 bits per heavy atom. The van der Waals surface area contributed by atoms with E-state index in [-0.39, 0.29) is 12.1 Å². The van der Waals surface area contributed by atoms with Gasteiger partial charge < -0.3 is 10.1 Å². The van der Waals surface area contributed by atoms with E-state index in [0.29, 0.717) is 6.04 Å². The summed E-state index contributed by atoms with van der Waals surface area (Å²) in [4.78, 5) is 14.6. The molecule has 1 heterocycles. The van der Waals surface area contributed by atoms with Gasteiger partial charge in [-0.2, -0.15) is 0 Å². The van der Waals surface area contributed by atoms with E-state index in [1.165, 1.54) is 36.8 Å². The third-order valence-electron chi connectivity index (χ3n) is 5.28. The first-order valence-electron chi connectivity index (χ1n) is 9.74. The molecule has 3 rings (SSSR count). The molecular weight excluding hydrogens is 312 g/mol. The number of amides is 1. The van der Waals surface area contributed by atoms with Crippen LogP contribution in [0.15, 0.2) is 24.3 Å². The van der Waals surface area contributed by atoms with E-state index in [0.717, 1.165) is 25.9 Å². The number of hydrogen-bond acceptors (Lipinski definition) is 3. The fraction of sp³-hybridized carbons (Fsp3) is 0.667. The predicted octanol–water partition coefficient (Wildman–Crippen LogP) is 4.44. The second kappa shape index (κ2) is 7.77. The summed E-state index contributed by atoms with van der Waals surface area (Å²) >= 11 is 0. The van der Waals surface area contributed by atoms with Crippen molar-refractivity contribution in [3.05, 3.63) is 35.4 Å². The van der Waals surface area contributed by atoms with E-state index in [1.807, 2.05) is 20.8 Å². The van der Waals surface area contributed by atoms with Crippen LogP contribution in [0.25, 0.3) is 0 Å². The van der Waals surface area contributed by atoms with Crippen molar-refractivity contribution in [1.29, 1.82) is 0 Å². The predicted molar refractivity (Wildman–Crippen MR) is 101 cm³/mol. The van der Waals surface area contributed by atoms with Gasteiger partial charge >= 0.3 is 6.09 Å². The fourth-order valence-electron chi connectivity index (χ4n) is 4.10. The normalized spacial score (nSPS) is 22.8. The summed E-state index contributed by atoms with van der Waals surface area (Å²) in [5.41, 5.74) is 2.62. The van der Waals surface area contributed by atoms with Gasteiger partial charge in [0.15, 0.2) is 0 Å². The van der Waals surface area contributed by atoms with Crippen molar-refractivity contribution < 1.29 is 9.53 Å². The Bertz CT molecular complexity index is 586. The lowest BCUT2D eigenvalue weighted by Gasteiger charge is -2.38. The quantitative estimate of drug-likeness (QED) is 0.806. The molecule has 1 aromatic rings. The van der Waals surface area contributed by atoms with E-state index < -0.39 is 5.60 Å². The second-order valence-corrected chi connectivity index (χ2v) is 8.42. The smallest absolute Gasteiger partial charge is 0.407 e. The number of rotatable bonds is 2. The van der Waals surface area contributed by atoms with E-state index in [1.54, 1.807) is 0 Å². The van der Waals surface area contributed by atoms with Crippen LogP contribution in [0.5, 0.6) is 0 Å². The Hall–Kier alpha value is -1.55. The van der Waals surface area contributed by atoms with Crippen molar-refractivity contribution >= 4 is 6.09 Å². The van der Waals surface area contributed by atoms with Crippen LogP contribution in [-0.2, 0) is 11.2 Å². The van der Waals surface area contributed by atoms with Gasteiger partial charge in [-0.05, 0) is 64.0 Å². The summed E-state index contributed by atoms with van der Waals surface area (Å²) in [7, 11) is 0. The summed E-state index contributed by atoms with van der Waals surface area (Å²) in [5.74, 6) is 0. The van der Waals surface area contributed by atoms with E-state index in [4.69, 9.17) is 4.74 Å². The van der Waals surface area contributed by atoms with Gasteiger partial charge in [-0.1, -0.05) is 30.7 Å². The zero-order valence-electron chi connectivity index (χ0n) is 15.9. The molecule has 1 aliphatic heterocycles. The Balaban J connectivity index is 1.57. The number of carbonyl (C=O) groups excluding carboxylic acids is 1. The van der Waals surface area contributed by atoms with E-state index >= 15 is 0 Å². The van der Waals surface area contributed by atoms with Crippen molar-refractivity contribution in [3.8, 4) is 0 Å². The molecule has 1 fully saturated rings. The monoisotopic (exact) mass is 344 g/mol. The average Bonchev–Trinajstić information content (AvgIpc) is 2.76. The van der Waals surface area contributed by atoms with Crippen molar-refractivity contribution in [1.82, 2.24) is 10.2 Å². The maximum absolute atomic E-state index is 12.0. The number of alkyl carbamates (subject to hydrolysis) is 1. The highest BCUT2D eigenvalue weighted by Crippen LogP contribution is 2.34. The van der Waals surface area contributed by atoms with E-state index in [9.17, 15) is 4.79 Å². The summed E-state index contributed by atoms with van der Waals surface area (Å²) in [6.07, 6.45) is 6.77. The Morgan fingerprint density at radius 2 is 1.84 bits per heavy atom. The average molecular weight is 344 g/mol. The molecule has 1 aliphatic carbocycles. The second-order valence-electron chi connectivity index (χ2n) is 8.42. The van der Waals surface area contributed by atoms with Crippen LogP contribution >= 0.6 is 0 Å². The molecule has 1 amide bonds. The third kappa shape index (κ3) is 4.97. The van der Waals surface area contributed by atoms with Gasteiger partial charge in [-0.3, -0.25) is 4.90 Å². The van der Waals surface area contributed by atoms with Crippen molar-refractivity contribution in [2.24, 2.45) is 0 Å². The molecule has 1 atom stereocenters. The van der Waals surface area contributed by atoms with Crippen LogP contribution in [0, 0.1) is 0 Å². The number of benzene rings is 1. The van der Waals surface area contributed by atoms with Gasteiger partial charge in [-0.25, -0.2) is 4.79 Å². The van der Waals surface area contributed by atoms with Gasteiger partial charge in [0.05, 0.1) is 0 Å². The summed E-state index contributed by atoms with van der Waals surface area (Å²) < 4.78 is 5.38. The molecule has 4 heteroatoms. The maximum atomic E-state index is 12.0. The first kappa shape index (κ1) is 18.2. The standard InChI is InChI=1S/C21H32N2O2/c1-21(2,3)25-20(24)22-17-12-14-23(15-13-17)19-11-7-5-9-16-8-4-6-10-18(16)19/h4,6,8,10,17,19H,5,7,9,11-15H2,1-3H3,(H,22,24). The number of likely N-dealkylation sites (tertiary alicyclic amines) is 1. The molecular formula is C21H32N2O2. The van der Waals surface area contributed by atoms with Crippen LogP contribution in [0.2, 0.25) is 0 Å². The molecule has 1 saturated heterocycles. The molecule has 0 saturated carbocycles. The van der Waals surface area contributed by atoms with Crippen molar-refractivity contribution in [2.75, 3.05) is 13.1 Å². The summed E-state index contributed by atoms with van der Waals surface area (Å²) in [6.45, 7) is 7.79. The van der Waals surface area contributed by atoms with Gasteiger partial charge in [0.1, 0.15) is 5.60 Å². The summed E-state index contributed by atoms with van der Waals surface area (Å²) in [6, 6.07) is 9.72. The van der Waals surface area contributed by atoms with Crippen LogP contribution in [0.3, 0.4) is 0 Å². The first-order valence-corrected chi connectivity index (χ1v) is 9.74. The number of ether oxygens (including phenoxy) is 1. The third-order valence-corrected chi connectivity index (χ3v) is 5.28. The minimum atomic E-state index is -0.436. The SMILES string of the molecule is CC(C)(C)OC(=O)NC1CCN(C2CCCCc3ccccc32)CC1. The van der Waals surface area contributed by atoms with E-state index in [2.05, 4.69) is 34.5 Å². The zero-order valence-corrected chi connectivity index (χ0v) is 15.9. The largest absolute Gasteiger partial charge is 0.444 e. The highest BCUT2D eigenvalue weighted by Gasteiger charge is 2.29. The molecule has 1 aromatic carbocycles. The number of fused-ring (bicyclic) bond motifs is 1. The van der Waals surface area contributed by atoms with Crippen LogP contribution in [0.4, 0.5) is 4.79 Å². The molecule has 138 valence electrons. The lowest BCUT2D eigenvalue weighted by molar-refractivity contribution is 0.0465. The highest BCUT2D eigenvalue weighted by molar-refractivity contribution is 5.68. The van der Waals surface area contributed by atoms with Crippen molar-refractivity contribution in [3.63, 3.8) is 0 Å². The van der Waals surface area contributed by atoms with Crippen LogP contribution < -0.4 is 5.32 Å². The molecule has 1 N–H and O–H groups in total. The molecule has 4 nitrogen and oxygen atoms in total. The molecule has 0 aromatic heterocycles. The highest BCUT2D eigenvalue weighted by atomic mass is 16.6. The van der Waals surface area contributed by atoms with Gasteiger partial charge in [0.25, 0.3) is 0 Å². The maximum Gasteiger partial charge on any atom is 0.407 e. The minimum absolute atomic E-state index is 0.229. The first-order chi connectivity index (χ1) is 11.9. The molecule has 1 unspecified atom stereocenters. The lowest BCUT2D eigenvalue weighted by atomic mass is 9.95. The molecule has 0 bridgehead atoms. The molecule has 0 spiro atoms. The number of carbonyl (C=O) groups is 1. The van der Waals surface area contributed by atoms with Crippen molar-refractivity contribution in [2.45, 2.75) is 77.0 Å². The topological polar surface area (TPSA) is 41.6 Å². The summed E-state index contributed by atoms with van der Waals surface area (Å²) in [5, 5.41) is 3.04. The zero-order chi connectivity index (χ0) is 17.9. The number of nitrogens with one attached hydrogen (secondary N) is 1. The molecule has 25 heavy (non-hydrogen) atoms. The number of piperidine rings is 1. The van der Waals surface area contributed by atoms with Crippen LogP contribution in [-0.4, -0.2) is 35.7 Å². The number of hydrogen-bond donors (Lipinski definition) is 1. The Kier molecular flexibility index (Phi) is 5.67. The van der Waals surface area contributed by atoms with Gasteiger partial charge in [0, 0.05) is 25.2 Å². The van der Waals surface area contributed by atoms with Crippen LogP contribution in [0.1, 0.15) is 70.0 Å².